The van der Waals surface area contributed by atoms with Gasteiger partial charge >= 0.3 is 0 Å². The highest BCUT2D eigenvalue weighted by atomic mass is 32.1. The maximum Gasteiger partial charge on any atom is 0.120 e. The zero-order chi connectivity index (χ0) is 13.3. The van der Waals surface area contributed by atoms with Gasteiger partial charge in [0, 0.05) is 17.9 Å². The van der Waals surface area contributed by atoms with E-state index in [-0.39, 0.29) is 6.61 Å². The molecular formula is C15H21NOS. The first-order valence-corrected chi connectivity index (χ1v) is 7.32. The van der Waals surface area contributed by atoms with Crippen molar-refractivity contribution < 1.29 is 5.11 Å². The van der Waals surface area contributed by atoms with Gasteiger partial charge in [0.15, 0.2) is 0 Å². The number of hydrogen-bond donors (Lipinski definition) is 1. The smallest absolute Gasteiger partial charge is 0.120 e. The highest BCUT2D eigenvalue weighted by Crippen LogP contribution is 2.38. The third-order valence-electron chi connectivity index (χ3n) is 3.97. The molecule has 0 amide bonds. The fraction of sp³-hybridized carbons (Fsp3) is 0.533. The summed E-state index contributed by atoms with van der Waals surface area (Å²) in [6.45, 7) is 9.01. The van der Waals surface area contributed by atoms with Crippen LogP contribution in [-0.2, 0) is 6.42 Å². The van der Waals surface area contributed by atoms with Crippen molar-refractivity contribution in [3.8, 4) is 0 Å². The largest absolute Gasteiger partial charge is 0.396 e. The Bertz CT molecular complexity index is 499. The van der Waals surface area contributed by atoms with E-state index in [9.17, 15) is 0 Å². The van der Waals surface area contributed by atoms with Crippen LogP contribution in [0.1, 0.15) is 36.3 Å². The highest BCUT2D eigenvalue weighted by Gasteiger charge is 2.24. The Labute approximate surface area is 113 Å². The van der Waals surface area contributed by atoms with Crippen LogP contribution in [0.15, 0.2) is 17.7 Å². The minimum Gasteiger partial charge on any atom is -0.396 e. The summed E-state index contributed by atoms with van der Waals surface area (Å²) in [6, 6.07) is 0. The molecule has 2 nitrogen and oxygen atoms in total. The van der Waals surface area contributed by atoms with Crippen molar-refractivity contribution in [2.24, 2.45) is 11.8 Å². The van der Waals surface area contributed by atoms with Crippen LogP contribution in [0.2, 0.25) is 0 Å². The van der Waals surface area contributed by atoms with E-state index >= 15 is 0 Å². The summed E-state index contributed by atoms with van der Waals surface area (Å²) in [4.78, 5) is 5.92. The number of hydrogen-bond acceptors (Lipinski definition) is 3. The molecule has 0 fully saturated rings. The molecule has 2 unspecified atom stereocenters. The zero-order valence-corrected chi connectivity index (χ0v) is 12.3. The lowest BCUT2D eigenvalue weighted by molar-refractivity contribution is 0.298. The maximum atomic E-state index is 9.03. The van der Waals surface area contributed by atoms with E-state index in [1.165, 1.54) is 16.0 Å². The Morgan fingerprint density at radius 3 is 2.61 bits per heavy atom. The number of aliphatic hydroxyl groups excluding tert-OH is 1. The normalized spacial score (nSPS) is 23.8. The van der Waals surface area contributed by atoms with Gasteiger partial charge < -0.3 is 5.11 Å². The van der Waals surface area contributed by atoms with Gasteiger partial charge in [0.1, 0.15) is 5.01 Å². The summed E-state index contributed by atoms with van der Waals surface area (Å²) in [7, 11) is 0. The second-order valence-electron chi connectivity index (χ2n) is 5.11. The fourth-order valence-corrected chi connectivity index (χ4v) is 3.43. The molecule has 3 heteroatoms. The number of aliphatic hydroxyl groups is 1. The number of aromatic nitrogens is 1. The van der Waals surface area contributed by atoms with Crippen LogP contribution in [0.4, 0.5) is 0 Å². The molecule has 0 saturated heterocycles. The first kappa shape index (κ1) is 13.5. The van der Waals surface area contributed by atoms with Crippen LogP contribution in [0.5, 0.6) is 0 Å². The predicted octanol–water partition coefficient (Wildman–Crippen LogP) is 3.60. The molecule has 1 heterocycles. The van der Waals surface area contributed by atoms with Crippen molar-refractivity contribution in [1.82, 2.24) is 4.98 Å². The Kier molecular flexibility index (Phi) is 4.03. The first-order chi connectivity index (χ1) is 8.54. The van der Waals surface area contributed by atoms with Gasteiger partial charge in [-0.15, -0.1) is 11.3 Å². The highest BCUT2D eigenvalue weighted by molar-refractivity contribution is 7.12. The zero-order valence-electron chi connectivity index (χ0n) is 11.5. The molecule has 2 rings (SSSR count). The van der Waals surface area contributed by atoms with Gasteiger partial charge in [-0.2, -0.15) is 0 Å². The topological polar surface area (TPSA) is 33.1 Å². The Balaban J connectivity index is 2.34. The van der Waals surface area contributed by atoms with Crippen molar-refractivity contribution in [2.75, 3.05) is 6.61 Å². The minimum atomic E-state index is 0.175. The molecule has 98 valence electrons. The summed E-state index contributed by atoms with van der Waals surface area (Å²) in [6.07, 6.45) is 5.08. The average molecular weight is 263 g/mol. The van der Waals surface area contributed by atoms with E-state index in [1.807, 2.05) is 0 Å². The summed E-state index contributed by atoms with van der Waals surface area (Å²) in [5, 5.41) is 10.2. The van der Waals surface area contributed by atoms with Crippen LogP contribution in [0.25, 0.3) is 5.57 Å². The van der Waals surface area contributed by atoms with Crippen molar-refractivity contribution in [3.63, 3.8) is 0 Å². The molecule has 0 spiro atoms. The second-order valence-corrected chi connectivity index (χ2v) is 6.31. The van der Waals surface area contributed by atoms with Gasteiger partial charge in [-0.25, -0.2) is 4.98 Å². The van der Waals surface area contributed by atoms with Gasteiger partial charge in [0.05, 0.1) is 5.69 Å². The standard InChI is InChI=1S/C15H21NOS/c1-9-5-6-13(11(3)10(9)2)15-16-14(7-8-17)12(4)18-15/h5-6,10-11,17H,7-8H2,1-4H3. The summed E-state index contributed by atoms with van der Waals surface area (Å²) in [5.41, 5.74) is 3.82. The van der Waals surface area contributed by atoms with Crippen LogP contribution >= 0.6 is 11.3 Å². The van der Waals surface area contributed by atoms with E-state index in [1.54, 1.807) is 11.3 Å². The van der Waals surface area contributed by atoms with Crippen molar-refractivity contribution in [1.29, 1.82) is 0 Å². The first-order valence-electron chi connectivity index (χ1n) is 6.50. The van der Waals surface area contributed by atoms with Crippen LogP contribution in [-0.4, -0.2) is 16.7 Å². The molecule has 1 N–H and O–H groups in total. The molecule has 18 heavy (non-hydrogen) atoms. The monoisotopic (exact) mass is 263 g/mol. The summed E-state index contributed by atoms with van der Waals surface area (Å²) < 4.78 is 0. The van der Waals surface area contributed by atoms with Gasteiger partial charge in [0.2, 0.25) is 0 Å². The molecule has 0 radical (unpaired) electrons. The SMILES string of the molecule is CC1=CC=C(c2nc(CCO)c(C)s2)C(C)C1C. The third-order valence-corrected chi connectivity index (χ3v) is 5.03. The van der Waals surface area contributed by atoms with Crippen molar-refractivity contribution >= 4 is 16.9 Å². The van der Waals surface area contributed by atoms with Crippen LogP contribution in [0.3, 0.4) is 0 Å². The van der Waals surface area contributed by atoms with E-state index in [0.29, 0.717) is 18.3 Å². The second kappa shape index (κ2) is 5.37. The number of allylic oxidation sites excluding steroid dienone is 4. The van der Waals surface area contributed by atoms with E-state index in [2.05, 4.69) is 39.8 Å². The lowest BCUT2D eigenvalue weighted by Crippen LogP contribution is -2.14. The minimum absolute atomic E-state index is 0.175. The Morgan fingerprint density at radius 2 is 1.94 bits per heavy atom. The Morgan fingerprint density at radius 1 is 1.22 bits per heavy atom. The van der Waals surface area contributed by atoms with E-state index < -0.39 is 0 Å². The van der Waals surface area contributed by atoms with E-state index in [0.717, 1.165) is 10.7 Å². The van der Waals surface area contributed by atoms with Crippen LogP contribution in [0, 0.1) is 18.8 Å². The molecule has 1 aromatic heterocycles. The van der Waals surface area contributed by atoms with Crippen molar-refractivity contribution in [3.05, 3.63) is 33.3 Å². The molecule has 1 aliphatic carbocycles. The molecule has 1 aliphatic rings. The van der Waals surface area contributed by atoms with Gasteiger partial charge in [0.25, 0.3) is 0 Å². The lowest BCUT2D eigenvalue weighted by atomic mass is 9.80. The van der Waals surface area contributed by atoms with Gasteiger partial charge in [-0.3, -0.25) is 0 Å². The number of aryl methyl sites for hydroxylation is 1. The number of nitrogens with zero attached hydrogens (tertiary/aromatic N) is 1. The van der Waals surface area contributed by atoms with Crippen LogP contribution < -0.4 is 0 Å². The molecule has 2 atom stereocenters. The molecule has 0 saturated carbocycles. The molecule has 0 bridgehead atoms. The van der Waals surface area contributed by atoms with Gasteiger partial charge in [-0.05, 0) is 31.3 Å². The predicted molar refractivity (Wildman–Crippen MR) is 77.7 cm³/mol. The molecule has 1 aromatic rings. The Hall–Kier alpha value is -0.930. The fourth-order valence-electron chi connectivity index (χ4n) is 2.34. The number of rotatable bonds is 3. The molecule has 0 aromatic carbocycles. The maximum absolute atomic E-state index is 9.03. The summed E-state index contributed by atoms with van der Waals surface area (Å²) >= 11 is 1.75. The quantitative estimate of drug-likeness (QED) is 0.904. The summed E-state index contributed by atoms with van der Waals surface area (Å²) in [5.74, 6) is 1.10. The molecular weight excluding hydrogens is 242 g/mol. The third kappa shape index (κ3) is 2.43. The average Bonchev–Trinajstić information content (AvgIpc) is 2.68. The van der Waals surface area contributed by atoms with Crippen molar-refractivity contribution in [2.45, 2.75) is 34.1 Å². The molecule has 0 aliphatic heterocycles. The van der Waals surface area contributed by atoms with Gasteiger partial charge in [-0.1, -0.05) is 31.6 Å². The number of thiazole rings is 1. The van der Waals surface area contributed by atoms with E-state index in [4.69, 9.17) is 10.1 Å². The lowest BCUT2D eigenvalue weighted by Gasteiger charge is -2.26.